The van der Waals surface area contributed by atoms with Crippen molar-refractivity contribution < 1.29 is 4.39 Å². The molecule has 1 atom stereocenters. The van der Waals surface area contributed by atoms with E-state index < -0.39 is 5.95 Å². The zero-order chi connectivity index (χ0) is 10.1. The molecule has 2 nitrogen and oxygen atoms in total. The first kappa shape index (κ1) is 10.1. The van der Waals surface area contributed by atoms with Crippen LogP contribution in [0.3, 0.4) is 0 Å². The van der Waals surface area contributed by atoms with Crippen LogP contribution < -0.4 is 5.73 Å². The molecule has 0 bridgehead atoms. The lowest BCUT2D eigenvalue weighted by Crippen LogP contribution is -2.26. The molecule has 0 aliphatic heterocycles. The van der Waals surface area contributed by atoms with E-state index in [0.717, 1.165) is 5.56 Å². The summed E-state index contributed by atoms with van der Waals surface area (Å²) in [6.07, 6.45) is 1.49. The third kappa shape index (κ3) is 2.49. The number of aromatic nitrogens is 1. The summed E-state index contributed by atoms with van der Waals surface area (Å²) in [5.41, 5.74) is 6.80. The van der Waals surface area contributed by atoms with E-state index >= 15 is 0 Å². The Balaban J connectivity index is 2.90. The van der Waals surface area contributed by atoms with E-state index in [9.17, 15) is 4.39 Å². The maximum absolute atomic E-state index is 12.5. The fraction of sp³-hybridized carbons (Fsp3) is 0.500. The Morgan fingerprint density at radius 3 is 2.38 bits per heavy atom. The Labute approximate surface area is 78.0 Å². The average Bonchev–Trinajstić information content (AvgIpc) is 2.03. The molecule has 13 heavy (non-hydrogen) atoms. The number of hydrogen-bond donors (Lipinski definition) is 1. The Kier molecular flexibility index (Phi) is 2.66. The SMILES string of the molecule is CC(C)(C)C(N)c1ccc(F)nc1. The molecule has 0 aromatic carbocycles. The maximum atomic E-state index is 12.5. The molecule has 0 radical (unpaired) electrons. The molecule has 1 heterocycles. The van der Waals surface area contributed by atoms with E-state index in [-0.39, 0.29) is 11.5 Å². The van der Waals surface area contributed by atoms with Gasteiger partial charge in [0.2, 0.25) is 5.95 Å². The molecule has 0 amide bonds. The second-order valence-electron chi connectivity index (χ2n) is 4.26. The standard InChI is InChI=1S/C10H15FN2/c1-10(2,3)9(12)7-4-5-8(11)13-6-7/h4-6,9H,12H2,1-3H3. The largest absolute Gasteiger partial charge is 0.323 e. The molecule has 0 spiro atoms. The molecule has 1 aromatic heterocycles. The fourth-order valence-electron chi connectivity index (χ4n) is 1.07. The van der Waals surface area contributed by atoms with Crippen molar-refractivity contribution in [2.24, 2.45) is 11.1 Å². The third-order valence-electron chi connectivity index (χ3n) is 2.04. The van der Waals surface area contributed by atoms with E-state index in [0.29, 0.717) is 0 Å². The van der Waals surface area contributed by atoms with Crippen molar-refractivity contribution in [3.05, 3.63) is 29.8 Å². The molecule has 0 saturated heterocycles. The van der Waals surface area contributed by atoms with Gasteiger partial charge in [-0.3, -0.25) is 0 Å². The van der Waals surface area contributed by atoms with Crippen LogP contribution in [0.4, 0.5) is 4.39 Å². The van der Waals surface area contributed by atoms with Crippen molar-refractivity contribution in [2.45, 2.75) is 26.8 Å². The van der Waals surface area contributed by atoms with Crippen LogP contribution in [0.1, 0.15) is 32.4 Å². The number of hydrogen-bond acceptors (Lipinski definition) is 2. The molecular formula is C10H15FN2. The summed E-state index contributed by atoms with van der Waals surface area (Å²) in [5.74, 6) is -0.468. The summed E-state index contributed by atoms with van der Waals surface area (Å²) >= 11 is 0. The monoisotopic (exact) mass is 182 g/mol. The average molecular weight is 182 g/mol. The molecule has 2 N–H and O–H groups in total. The third-order valence-corrected chi connectivity index (χ3v) is 2.04. The van der Waals surface area contributed by atoms with Crippen LogP contribution in [-0.2, 0) is 0 Å². The predicted molar refractivity (Wildman–Crippen MR) is 50.6 cm³/mol. The van der Waals surface area contributed by atoms with Crippen molar-refractivity contribution in [1.29, 1.82) is 0 Å². The zero-order valence-corrected chi connectivity index (χ0v) is 8.21. The van der Waals surface area contributed by atoms with Gasteiger partial charge in [-0.15, -0.1) is 0 Å². The minimum absolute atomic E-state index is 0.0283. The van der Waals surface area contributed by atoms with Gasteiger partial charge < -0.3 is 5.73 Å². The van der Waals surface area contributed by atoms with Crippen LogP contribution in [0.5, 0.6) is 0 Å². The van der Waals surface area contributed by atoms with E-state index in [1.807, 2.05) is 20.8 Å². The van der Waals surface area contributed by atoms with Crippen molar-refractivity contribution in [2.75, 3.05) is 0 Å². The van der Waals surface area contributed by atoms with E-state index in [1.165, 1.54) is 12.3 Å². The quantitative estimate of drug-likeness (QED) is 0.676. The molecule has 3 heteroatoms. The van der Waals surface area contributed by atoms with Gasteiger partial charge in [0, 0.05) is 12.2 Å². The predicted octanol–water partition coefficient (Wildman–Crippen LogP) is 2.27. The van der Waals surface area contributed by atoms with Gasteiger partial charge >= 0.3 is 0 Å². The first-order valence-electron chi connectivity index (χ1n) is 4.28. The van der Waals surface area contributed by atoms with Gasteiger partial charge in [0.15, 0.2) is 0 Å². The summed E-state index contributed by atoms with van der Waals surface area (Å²) in [6.45, 7) is 6.13. The highest BCUT2D eigenvalue weighted by molar-refractivity contribution is 5.15. The van der Waals surface area contributed by atoms with Gasteiger partial charge in [-0.1, -0.05) is 26.8 Å². The van der Waals surface area contributed by atoms with Crippen molar-refractivity contribution in [3.8, 4) is 0 Å². The molecule has 1 rings (SSSR count). The first-order valence-corrected chi connectivity index (χ1v) is 4.28. The van der Waals surface area contributed by atoms with Crippen LogP contribution in [0.2, 0.25) is 0 Å². The number of pyridine rings is 1. The summed E-state index contributed by atoms with van der Waals surface area (Å²) in [4.78, 5) is 3.57. The van der Waals surface area contributed by atoms with Crippen LogP contribution in [0.15, 0.2) is 18.3 Å². The van der Waals surface area contributed by atoms with Crippen LogP contribution >= 0.6 is 0 Å². The Bertz CT molecular complexity index is 274. The highest BCUT2D eigenvalue weighted by Crippen LogP contribution is 2.29. The lowest BCUT2D eigenvalue weighted by atomic mass is 9.84. The minimum atomic E-state index is -0.468. The normalized spacial score (nSPS) is 14.2. The van der Waals surface area contributed by atoms with Crippen molar-refractivity contribution >= 4 is 0 Å². The molecule has 1 aromatic rings. The van der Waals surface area contributed by atoms with Crippen molar-refractivity contribution in [1.82, 2.24) is 4.98 Å². The summed E-state index contributed by atoms with van der Waals surface area (Å²) in [6, 6.07) is 2.90. The Morgan fingerprint density at radius 2 is 2.00 bits per heavy atom. The smallest absolute Gasteiger partial charge is 0.212 e. The first-order chi connectivity index (χ1) is 5.91. The van der Waals surface area contributed by atoms with Gasteiger partial charge in [-0.25, -0.2) is 4.98 Å². The minimum Gasteiger partial charge on any atom is -0.323 e. The van der Waals surface area contributed by atoms with E-state index in [1.54, 1.807) is 6.07 Å². The van der Waals surface area contributed by atoms with E-state index in [2.05, 4.69) is 4.98 Å². The lowest BCUT2D eigenvalue weighted by molar-refractivity contribution is 0.326. The van der Waals surface area contributed by atoms with Gasteiger partial charge in [0.25, 0.3) is 0 Å². The molecular weight excluding hydrogens is 167 g/mol. The molecule has 0 fully saturated rings. The summed E-state index contributed by atoms with van der Waals surface area (Å²) in [5, 5.41) is 0. The second kappa shape index (κ2) is 3.42. The Hall–Kier alpha value is -0.960. The Morgan fingerprint density at radius 1 is 1.38 bits per heavy atom. The van der Waals surface area contributed by atoms with Gasteiger partial charge in [0.1, 0.15) is 0 Å². The van der Waals surface area contributed by atoms with Gasteiger partial charge in [0.05, 0.1) is 0 Å². The number of halogens is 1. The topological polar surface area (TPSA) is 38.9 Å². The molecule has 0 saturated carbocycles. The van der Waals surface area contributed by atoms with Crippen LogP contribution in [-0.4, -0.2) is 4.98 Å². The lowest BCUT2D eigenvalue weighted by Gasteiger charge is -2.26. The highest BCUT2D eigenvalue weighted by atomic mass is 19.1. The van der Waals surface area contributed by atoms with Crippen molar-refractivity contribution in [3.63, 3.8) is 0 Å². The highest BCUT2D eigenvalue weighted by Gasteiger charge is 2.22. The van der Waals surface area contributed by atoms with E-state index in [4.69, 9.17) is 5.73 Å². The summed E-state index contributed by atoms with van der Waals surface area (Å²) < 4.78 is 12.5. The fourth-order valence-corrected chi connectivity index (χ4v) is 1.07. The molecule has 72 valence electrons. The molecule has 0 aliphatic carbocycles. The van der Waals surface area contributed by atoms with Crippen LogP contribution in [0.25, 0.3) is 0 Å². The zero-order valence-electron chi connectivity index (χ0n) is 8.21. The molecule has 1 unspecified atom stereocenters. The van der Waals surface area contributed by atoms with Gasteiger partial charge in [-0.2, -0.15) is 4.39 Å². The van der Waals surface area contributed by atoms with Gasteiger partial charge in [-0.05, 0) is 17.0 Å². The number of nitrogens with zero attached hydrogens (tertiary/aromatic N) is 1. The summed E-state index contributed by atoms with van der Waals surface area (Å²) in [7, 11) is 0. The maximum Gasteiger partial charge on any atom is 0.212 e. The van der Waals surface area contributed by atoms with Crippen LogP contribution in [0, 0.1) is 11.4 Å². The molecule has 0 aliphatic rings. The number of nitrogens with two attached hydrogens (primary N) is 1. The second-order valence-corrected chi connectivity index (χ2v) is 4.26. The number of rotatable bonds is 1.